The second-order valence-electron chi connectivity index (χ2n) is 5.58. The highest BCUT2D eigenvalue weighted by molar-refractivity contribution is 5.35. The molecule has 0 saturated heterocycles. The number of nitrogens with zero attached hydrogens (tertiary/aromatic N) is 1. The Morgan fingerprint density at radius 1 is 1.39 bits per heavy atom. The van der Waals surface area contributed by atoms with Crippen molar-refractivity contribution in [2.45, 2.75) is 59.1 Å². The maximum atomic E-state index is 6.12. The second kappa shape index (κ2) is 5.70. The fourth-order valence-electron chi connectivity index (χ4n) is 2.82. The van der Waals surface area contributed by atoms with Gasteiger partial charge in [-0.05, 0) is 50.7 Å². The Kier molecular flexibility index (Phi) is 4.23. The van der Waals surface area contributed by atoms with Gasteiger partial charge in [0.1, 0.15) is 6.10 Å². The van der Waals surface area contributed by atoms with E-state index in [1.54, 1.807) is 0 Å². The summed E-state index contributed by atoms with van der Waals surface area (Å²) in [5.41, 5.74) is 9.06. The van der Waals surface area contributed by atoms with E-state index in [0.29, 0.717) is 12.6 Å². The van der Waals surface area contributed by atoms with Crippen molar-refractivity contribution in [2.75, 3.05) is 0 Å². The van der Waals surface area contributed by atoms with Gasteiger partial charge in [-0.3, -0.25) is 0 Å². The molecule has 1 saturated carbocycles. The van der Waals surface area contributed by atoms with Crippen molar-refractivity contribution in [3.05, 3.63) is 22.9 Å². The smallest absolute Gasteiger partial charge is 0.218 e. The molecule has 2 atom stereocenters. The van der Waals surface area contributed by atoms with Gasteiger partial charge in [0, 0.05) is 17.8 Å². The number of ether oxygens (including phenoxy) is 1. The van der Waals surface area contributed by atoms with E-state index in [1.165, 1.54) is 18.4 Å². The summed E-state index contributed by atoms with van der Waals surface area (Å²) in [5, 5.41) is 0. The van der Waals surface area contributed by atoms with Crippen LogP contribution in [0.2, 0.25) is 0 Å². The number of hydrogen-bond donors (Lipinski definition) is 1. The van der Waals surface area contributed by atoms with Crippen molar-refractivity contribution in [2.24, 2.45) is 11.7 Å². The van der Waals surface area contributed by atoms with Crippen LogP contribution in [0.4, 0.5) is 0 Å². The van der Waals surface area contributed by atoms with Crippen LogP contribution in [-0.2, 0) is 6.54 Å². The highest BCUT2D eigenvalue weighted by Gasteiger charge is 2.22. The van der Waals surface area contributed by atoms with Crippen molar-refractivity contribution in [3.63, 3.8) is 0 Å². The minimum absolute atomic E-state index is 0.313. The highest BCUT2D eigenvalue weighted by Crippen LogP contribution is 2.29. The van der Waals surface area contributed by atoms with Crippen molar-refractivity contribution in [1.29, 1.82) is 0 Å². The monoisotopic (exact) mass is 248 g/mol. The average Bonchev–Trinajstić information content (AvgIpc) is 2.28. The molecule has 0 spiro atoms. The second-order valence-corrected chi connectivity index (χ2v) is 5.58. The topological polar surface area (TPSA) is 48.1 Å². The Bertz CT molecular complexity index is 417. The van der Waals surface area contributed by atoms with Gasteiger partial charge in [0.05, 0.1) is 0 Å². The normalized spacial score (nSPS) is 24.0. The van der Waals surface area contributed by atoms with Crippen LogP contribution in [0.3, 0.4) is 0 Å². The first-order valence-electron chi connectivity index (χ1n) is 6.94. The van der Waals surface area contributed by atoms with Crippen molar-refractivity contribution in [3.8, 4) is 5.88 Å². The molecule has 1 aromatic heterocycles. The lowest BCUT2D eigenvalue weighted by atomic mass is 9.89. The Morgan fingerprint density at radius 2 is 2.17 bits per heavy atom. The van der Waals surface area contributed by atoms with Gasteiger partial charge in [0.2, 0.25) is 5.88 Å². The molecule has 0 aliphatic heterocycles. The fourth-order valence-corrected chi connectivity index (χ4v) is 2.82. The Hall–Kier alpha value is -1.09. The van der Waals surface area contributed by atoms with E-state index in [2.05, 4.69) is 24.9 Å². The molecule has 18 heavy (non-hydrogen) atoms. The SMILES string of the molecule is Cc1cc(C)c(CN)c(OC2CCCC(C)C2)n1. The van der Waals surface area contributed by atoms with Crippen molar-refractivity contribution >= 4 is 0 Å². The van der Waals surface area contributed by atoms with E-state index in [9.17, 15) is 0 Å². The summed E-state index contributed by atoms with van der Waals surface area (Å²) in [6.45, 7) is 6.88. The van der Waals surface area contributed by atoms with Gasteiger partial charge in [-0.2, -0.15) is 0 Å². The summed E-state index contributed by atoms with van der Waals surface area (Å²) < 4.78 is 6.12. The van der Waals surface area contributed by atoms with Gasteiger partial charge in [-0.15, -0.1) is 0 Å². The molecule has 3 heteroatoms. The molecule has 2 N–H and O–H groups in total. The zero-order chi connectivity index (χ0) is 13.1. The van der Waals surface area contributed by atoms with Crippen LogP contribution in [0.15, 0.2) is 6.07 Å². The Balaban J connectivity index is 2.17. The first-order valence-corrected chi connectivity index (χ1v) is 6.94. The standard InChI is InChI=1S/C15H24N2O/c1-10-5-4-6-13(7-10)18-15-14(9-16)11(2)8-12(3)17-15/h8,10,13H,4-7,9,16H2,1-3H3. The number of pyridine rings is 1. The third-order valence-electron chi connectivity index (χ3n) is 3.81. The molecule has 0 aromatic carbocycles. The molecule has 2 unspecified atom stereocenters. The van der Waals surface area contributed by atoms with E-state index in [-0.39, 0.29) is 0 Å². The van der Waals surface area contributed by atoms with Crippen LogP contribution >= 0.6 is 0 Å². The molecule has 0 bridgehead atoms. The lowest BCUT2D eigenvalue weighted by molar-refractivity contribution is 0.122. The summed E-state index contributed by atoms with van der Waals surface area (Å²) in [7, 11) is 0. The third kappa shape index (κ3) is 3.02. The van der Waals surface area contributed by atoms with Gasteiger partial charge >= 0.3 is 0 Å². The van der Waals surface area contributed by atoms with Crippen LogP contribution in [0.5, 0.6) is 5.88 Å². The first-order chi connectivity index (χ1) is 8.60. The van der Waals surface area contributed by atoms with Gasteiger partial charge in [0.25, 0.3) is 0 Å². The molecule has 1 aliphatic carbocycles. The minimum atomic E-state index is 0.313. The van der Waals surface area contributed by atoms with Crippen LogP contribution in [0, 0.1) is 19.8 Å². The molecule has 0 amide bonds. The summed E-state index contributed by atoms with van der Waals surface area (Å²) in [6, 6.07) is 2.07. The summed E-state index contributed by atoms with van der Waals surface area (Å²) in [6.07, 6.45) is 5.17. The minimum Gasteiger partial charge on any atom is -0.474 e. The number of aryl methyl sites for hydroxylation is 2. The van der Waals surface area contributed by atoms with Crippen LogP contribution < -0.4 is 10.5 Å². The summed E-state index contributed by atoms with van der Waals surface area (Å²) in [5.74, 6) is 1.52. The van der Waals surface area contributed by atoms with E-state index >= 15 is 0 Å². The fraction of sp³-hybridized carbons (Fsp3) is 0.667. The number of aromatic nitrogens is 1. The van der Waals surface area contributed by atoms with Gasteiger partial charge in [0.15, 0.2) is 0 Å². The summed E-state index contributed by atoms with van der Waals surface area (Å²) in [4.78, 5) is 4.52. The van der Waals surface area contributed by atoms with Crippen LogP contribution in [0.1, 0.15) is 49.4 Å². The predicted molar refractivity (Wildman–Crippen MR) is 73.7 cm³/mol. The Morgan fingerprint density at radius 3 is 2.83 bits per heavy atom. The molecule has 1 aliphatic rings. The van der Waals surface area contributed by atoms with E-state index in [4.69, 9.17) is 10.5 Å². The van der Waals surface area contributed by atoms with Crippen molar-refractivity contribution in [1.82, 2.24) is 4.98 Å². The van der Waals surface area contributed by atoms with E-state index < -0.39 is 0 Å². The molecule has 2 rings (SSSR count). The lowest BCUT2D eigenvalue weighted by Gasteiger charge is -2.28. The van der Waals surface area contributed by atoms with E-state index in [0.717, 1.165) is 35.9 Å². The molecule has 1 fully saturated rings. The van der Waals surface area contributed by atoms with Crippen LogP contribution in [0.25, 0.3) is 0 Å². The zero-order valence-electron chi connectivity index (χ0n) is 11.7. The summed E-state index contributed by atoms with van der Waals surface area (Å²) >= 11 is 0. The number of hydrogen-bond acceptors (Lipinski definition) is 3. The zero-order valence-corrected chi connectivity index (χ0v) is 11.7. The predicted octanol–water partition coefficient (Wildman–Crippen LogP) is 3.11. The Labute approximate surface area is 110 Å². The molecule has 3 nitrogen and oxygen atoms in total. The number of rotatable bonds is 3. The molecular formula is C15H24N2O. The van der Waals surface area contributed by atoms with Crippen LogP contribution in [-0.4, -0.2) is 11.1 Å². The number of nitrogens with two attached hydrogens (primary N) is 1. The first kappa shape index (κ1) is 13.3. The third-order valence-corrected chi connectivity index (χ3v) is 3.81. The molecule has 1 heterocycles. The lowest BCUT2D eigenvalue weighted by Crippen LogP contribution is -2.25. The maximum absolute atomic E-state index is 6.12. The van der Waals surface area contributed by atoms with Gasteiger partial charge in [-0.25, -0.2) is 4.98 Å². The van der Waals surface area contributed by atoms with Gasteiger partial charge < -0.3 is 10.5 Å². The average molecular weight is 248 g/mol. The highest BCUT2D eigenvalue weighted by atomic mass is 16.5. The largest absolute Gasteiger partial charge is 0.474 e. The molecule has 1 aromatic rings. The maximum Gasteiger partial charge on any atom is 0.218 e. The van der Waals surface area contributed by atoms with Crippen molar-refractivity contribution < 1.29 is 4.74 Å². The van der Waals surface area contributed by atoms with E-state index in [1.807, 2.05) is 6.92 Å². The quantitative estimate of drug-likeness (QED) is 0.894. The van der Waals surface area contributed by atoms with Gasteiger partial charge in [-0.1, -0.05) is 13.3 Å². The molecule has 100 valence electrons. The molecule has 0 radical (unpaired) electrons. The molecular weight excluding hydrogens is 224 g/mol.